The number of carbonyl (C=O) groups is 3. The second-order valence-corrected chi connectivity index (χ2v) is 9.38. The third-order valence-corrected chi connectivity index (χ3v) is 6.79. The standard InChI is InChI=1S/C26H26F2N2O6/c1-14(31)30-12-18(16-5-7-22(36-26(27)28)23(9-16)34-13-15-2-3-15)8-21(30)25(33)35-19-6-4-17-11-29-24(32)20(17)10-19/h4-7,9-10,15,18,21,26H,2-3,8,11-13H2,1H3,(H,29,32)/t18?,21-/m1/s1. The summed E-state index contributed by atoms with van der Waals surface area (Å²) >= 11 is 0. The highest BCUT2D eigenvalue weighted by atomic mass is 19.3. The lowest BCUT2D eigenvalue weighted by molar-refractivity contribution is -0.145. The molecule has 8 nitrogen and oxygen atoms in total. The topological polar surface area (TPSA) is 94.2 Å². The van der Waals surface area contributed by atoms with Crippen molar-refractivity contribution in [1.82, 2.24) is 10.2 Å². The van der Waals surface area contributed by atoms with Gasteiger partial charge in [-0.05, 0) is 60.6 Å². The number of likely N-dealkylation sites (tertiary alicyclic amines) is 1. The van der Waals surface area contributed by atoms with E-state index in [0.29, 0.717) is 31.1 Å². The Morgan fingerprint density at radius 3 is 2.67 bits per heavy atom. The van der Waals surface area contributed by atoms with Crippen molar-refractivity contribution in [3.63, 3.8) is 0 Å². The van der Waals surface area contributed by atoms with Crippen molar-refractivity contribution in [2.75, 3.05) is 13.2 Å². The second-order valence-electron chi connectivity index (χ2n) is 9.38. The number of carbonyl (C=O) groups excluding carboxylic acids is 3. The summed E-state index contributed by atoms with van der Waals surface area (Å²) in [5.74, 6) is -0.535. The number of fused-ring (bicyclic) bond motifs is 1. The minimum atomic E-state index is -2.98. The van der Waals surface area contributed by atoms with Gasteiger partial charge in [0.05, 0.1) is 6.61 Å². The summed E-state index contributed by atoms with van der Waals surface area (Å²) in [6.45, 7) is -0.493. The molecule has 1 unspecified atom stereocenters. The molecule has 2 atom stereocenters. The van der Waals surface area contributed by atoms with E-state index >= 15 is 0 Å². The Morgan fingerprint density at radius 1 is 1.14 bits per heavy atom. The number of halogens is 2. The molecule has 2 aliphatic heterocycles. The highest BCUT2D eigenvalue weighted by Gasteiger charge is 2.40. The molecule has 2 aromatic carbocycles. The first kappa shape index (κ1) is 24.0. The molecule has 0 spiro atoms. The van der Waals surface area contributed by atoms with Crippen molar-refractivity contribution in [2.45, 2.75) is 51.3 Å². The Balaban J connectivity index is 1.33. The number of benzene rings is 2. The summed E-state index contributed by atoms with van der Waals surface area (Å²) in [5, 5.41) is 2.71. The molecule has 36 heavy (non-hydrogen) atoms. The minimum Gasteiger partial charge on any atom is -0.489 e. The van der Waals surface area contributed by atoms with Gasteiger partial charge in [0.15, 0.2) is 11.5 Å². The van der Waals surface area contributed by atoms with E-state index in [1.807, 2.05) is 0 Å². The van der Waals surface area contributed by atoms with Crippen molar-refractivity contribution in [3.8, 4) is 17.2 Å². The fourth-order valence-corrected chi connectivity index (χ4v) is 4.67. The van der Waals surface area contributed by atoms with Crippen LogP contribution in [0.25, 0.3) is 0 Å². The number of ether oxygens (including phenoxy) is 3. The van der Waals surface area contributed by atoms with E-state index in [1.54, 1.807) is 24.3 Å². The van der Waals surface area contributed by atoms with Crippen LogP contribution in [0.15, 0.2) is 36.4 Å². The first-order valence-corrected chi connectivity index (χ1v) is 11.9. The van der Waals surface area contributed by atoms with Gasteiger partial charge in [-0.15, -0.1) is 0 Å². The molecular weight excluding hydrogens is 474 g/mol. The molecule has 2 fully saturated rings. The summed E-state index contributed by atoms with van der Waals surface area (Å²) in [4.78, 5) is 38.8. The Morgan fingerprint density at radius 2 is 1.94 bits per heavy atom. The van der Waals surface area contributed by atoms with Crippen molar-refractivity contribution in [1.29, 1.82) is 0 Å². The van der Waals surface area contributed by atoms with Gasteiger partial charge in [0.1, 0.15) is 11.8 Å². The highest BCUT2D eigenvalue weighted by Crippen LogP contribution is 2.39. The van der Waals surface area contributed by atoms with Gasteiger partial charge in [-0.2, -0.15) is 8.78 Å². The number of alkyl halides is 2. The molecule has 1 saturated heterocycles. The fourth-order valence-electron chi connectivity index (χ4n) is 4.67. The molecule has 2 amide bonds. The van der Waals surface area contributed by atoms with Crippen LogP contribution in [0.3, 0.4) is 0 Å². The molecule has 190 valence electrons. The quantitative estimate of drug-likeness (QED) is 0.440. The largest absolute Gasteiger partial charge is 0.489 e. The molecular formula is C26H26F2N2O6. The zero-order valence-corrected chi connectivity index (χ0v) is 19.7. The summed E-state index contributed by atoms with van der Waals surface area (Å²) in [6, 6.07) is 8.76. The molecule has 0 radical (unpaired) electrons. The number of rotatable bonds is 8. The number of hydrogen-bond donors (Lipinski definition) is 1. The number of hydrogen-bond acceptors (Lipinski definition) is 6. The van der Waals surface area contributed by atoms with Crippen LogP contribution in [0, 0.1) is 5.92 Å². The van der Waals surface area contributed by atoms with Crippen LogP contribution in [-0.2, 0) is 16.1 Å². The van der Waals surface area contributed by atoms with Gasteiger partial charge >= 0.3 is 12.6 Å². The number of nitrogens with one attached hydrogen (secondary N) is 1. The lowest BCUT2D eigenvalue weighted by Crippen LogP contribution is -2.41. The molecule has 5 rings (SSSR count). The predicted octanol–water partition coefficient (Wildman–Crippen LogP) is 3.63. The Labute approximate surface area is 206 Å². The maximum atomic E-state index is 13.1. The third-order valence-electron chi connectivity index (χ3n) is 6.79. The Hall–Kier alpha value is -3.69. The van der Waals surface area contributed by atoms with Crippen molar-refractivity contribution >= 4 is 17.8 Å². The number of amides is 2. The van der Waals surface area contributed by atoms with E-state index in [1.165, 1.54) is 24.0 Å². The van der Waals surface area contributed by atoms with Gasteiger partial charge in [-0.1, -0.05) is 12.1 Å². The molecule has 10 heteroatoms. The minimum absolute atomic E-state index is 0.0487. The van der Waals surface area contributed by atoms with Gasteiger partial charge in [0, 0.05) is 31.5 Å². The molecule has 2 heterocycles. The van der Waals surface area contributed by atoms with Crippen LogP contribution in [0.2, 0.25) is 0 Å². The lowest BCUT2D eigenvalue weighted by atomic mass is 9.96. The summed E-state index contributed by atoms with van der Waals surface area (Å²) < 4.78 is 41.7. The normalized spacial score (nSPS) is 20.8. The molecule has 0 bridgehead atoms. The van der Waals surface area contributed by atoms with Crippen molar-refractivity contribution in [2.24, 2.45) is 5.92 Å². The lowest BCUT2D eigenvalue weighted by Gasteiger charge is -2.21. The molecule has 3 aliphatic rings. The van der Waals surface area contributed by atoms with Gasteiger partial charge in [-0.3, -0.25) is 9.59 Å². The smallest absolute Gasteiger partial charge is 0.387 e. The number of esters is 1. The molecule has 2 aromatic rings. The van der Waals surface area contributed by atoms with E-state index in [4.69, 9.17) is 9.47 Å². The van der Waals surface area contributed by atoms with Crippen LogP contribution in [0.4, 0.5) is 8.78 Å². The van der Waals surface area contributed by atoms with E-state index in [0.717, 1.165) is 24.0 Å². The zero-order valence-electron chi connectivity index (χ0n) is 19.7. The average Bonchev–Trinajstić information content (AvgIpc) is 3.44. The van der Waals surface area contributed by atoms with E-state index in [2.05, 4.69) is 10.1 Å². The molecule has 0 aromatic heterocycles. The van der Waals surface area contributed by atoms with Crippen LogP contribution in [0.1, 0.15) is 53.6 Å². The van der Waals surface area contributed by atoms with Crippen molar-refractivity contribution in [3.05, 3.63) is 53.1 Å². The van der Waals surface area contributed by atoms with Crippen LogP contribution in [0.5, 0.6) is 17.2 Å². The first-order chi connectivity index (χ1) is 17.3. The molecule has 1 saturated carbocycles. The maximum Gasteiger partial charge on any atom is 0.387 e. The van der Waals surface area contributed by atoms with Crippen molar-refractivity contribution < 1.29 is 37.4 Å². The summed E-state index contributed by atoms with van der Waals surface area (Å²) in [7, 11) is 0. The second kappa shape index (κ2) is 9.75. The van der Waals surface area contributed by atoms with Gasteiger partial charge in [0.25, 0.3) is 5.91 Å². The summed E-state index contributed by atoms with van der Waals surface area (Å²) in [6.07, 6.45) is 2.38. The third kappa shape index (κ3) is 5.12. The van der Waals surface area contributed by atoms with Crippen LogP contribution in [-0.4, -0.2) is 48.5 Å². The van der Waals surface area contributed by atoms with E-state index in [-0.39, 0.29) is 41.5 Å². The Bertz CT molecular complexity index is 1200. The van der Waals surface area contributed by atoms with Gasteiger partial charge < -0.3 is 24.4 Å². The maximum absolute atomic E-state index is 13.1. The van der Waals surface area contributed by atoms with Gasteiger partial charge in [0.2, 0.25) is 5.91 Å². The SMILES string of the molecule is CC(=O)N1CC(c2ccc(OC(F)F)c(OCC3CC3)c2)C[C@@H]1C(=O)Oc1ccc2c(c1)C(=O)NC2. The predicted molar refractivity (Wildman–Crippen MR) is 123 cm³/mol. The first-order valence-electron chi connectivity index (χ1n) is 11.9. The van der Waals surface area contributed by atoms with E-state index < -0.39 is 18.6 Å². The Kier molecular flexibility index (Phi) is 6.51. The average molecular weight is 500 g/mol. The monoisotopic (exact) mass is 500 g/mol. The fraction of sp³-hybridized carbons (Fsp3) is 0.423. The van der Waals surface area contributed by atoms with E-state index in [9.17, 15) is 23.2 Å². The van der Waals surface area contributed by atoms with Crippen LogP contribution < -0.4 is 19.5 Å². The number of nitrogens with zero attached hydrogens (tertiary/aromatic N) is 1. The van der Waals surface area contributed by atoms with Gasteiger partial charge in [-0.25, -0.2) is 4.79 Å². The zero-order chi connectivity index (χ0) is 25.4. The highest BCUT2D eigenvalue weighted by molar-refractivity contribution is 5.98. The summed E-state index contributed by atoms with van der Waals surface area (Å²) in [5.41, 5.74) is 2.03. The van der Waals surface area contributed by atoms with Crippen LogP contribution >= 0.6 is 0 Å². The molecule has 1 N–H and O–H groups in total. The molecule has 1 aliphatic carbocycles.